The molecule has 2 aliphatic heterocycles. The van der Waals surface area contributed by atoms with Crippen molar-refractivity contribution in [1.29, 1.82) is 5.26 Å². The van der Waals surface area contributed by atoms with Gasteiger partial charge in [0.1, 0.15) is 5.41 Å². The molecule has 0 aliphatic carbocycles. The molecule has 0 aromatic rings. The summed E-state index contributed by atoms with van der Waals surface area (Å²) in [4.78, 5) is 2.30. The van der Waals surface area contributed by atoms with Crippen molar-refractivity contribution in [2.45, 2.75) is 44.6 Å². The molecule has 0 aromatic heterocycles. The van der Waals surface area contributed by atoms with Crippen LogP contribution in [0.3, 0.4) is 0 Å². The van der Waals surface area contributed by atoms with E-state index < -0.39 is 20.9 Å². The van der Waals surface area contributed by atoms with Gasteiger partial charge in [-0.2, -0.15) is 5.26 Å². The van der Waals surface area contributed by atoms with E-state index in [0.29, 0.717) is 12.8 Å². The van der Waals surface area contributed by atoms with Gasteiger partial charge in [-0.1, -0.05) is 6.92 Å². The first-order chi connectivity index (χ1) is 9.36. The van der Waals surface area contributed by atoms with E-state index in [1.807, 2.05) is 0 Å². The van der Waals surface area contributed by atoms with Gasteiger partial charge in [0.05, 0.1) is 23.2 Å². The Kier molecular flexibility index (Phi) is 4.43. The summed E-state index contributed by atoms with van der Waals surface area (Å²) in [6.07, 6.45) is 3.18. The molecule has 5 nitrogen and oxygen atoms in total. The SMILES string of the molecule is CCCN1CCCC(O)(C2(C#N)CCS(=O)(=O)C2)CC1. The maximum Gasteiger partial charge on any atom is 0.152 e. The van der Waals surface area contributed by atoms with Crippen LogP contribution in [0.25, 0.3) is 0 Å². The van der Waals surface area contributed by atoms with Crippen LogP contribution in [0.5, 0.6) is 0 Å². The van der Waals surface area contributed by atoms with Crippen molar-refractivity contribution in [3.05, 3.63) is 0 Å². The lowest BCUT2D eigenvalue weighted by Gasteiger charge is -2.39. The fourth-order valence-corrected chi connectivity index (χ4v) is 5.63. The number of rotatable bonds is 3. The van der Waals surface area contributed by atoms with E-state index in [1.165, 1.54) is 0 Å². The van der Waals surface area contributed by atoms with E-state index in [1.54, 1.807) is 0 Å². The van der Waals surface area contributed by atoms with Gasteiger partial charge in [0.15, 0.2) is 9.84 Å². The van der Waals surface area contributed by atoms with Gasteiger partial charge in [-0.3, -0.25) is 0 Å². The standard InChI is InChI=1S/C14H24N2O3S/c1-2-7-16-8-3-4-14(17,5-9-16)13(11-15)6-10-20(18,19)12-13/h17H,2-10,12H2,1H3. The molecule has 2 aliphatic rings. The number of nitriles is 1. The van der Waals surface area contributed by atoms with E-state index in [9.17, 15) is 18.8 Å². The van der Waals surface area contributed by atoms with Crippen LogP contribution in [0, 0.1) is 16.7 Å². The van der Waals surface area contributed by atoms with Gasteiger partial charge in [-0.15, -0.1) is 0 Å². The maximum absolute atomic E-state index is 11.8. The van der Waals surface area contributed by atoms with Gasteiger partial charge in [-0.05, 0) is 45.2 Å². The summed E-state index contributed by atoms with van der Waals surface area (Å²) in [7, 11) is -3.19. The Balaban J connectivity index is 2.19. The van der Waals surface area contributed by atoms with Crippen molar-refractivity contribution >= 4 is 9.84 Å². The zero-order valence-electron chi connectivity index (χ0n) is 12.1. The molecule has 0 aromatic carbocycles. The molecule has 2 rings (SSSR count). The number of sulfone groups is 1. The van der Waals surface area contributed by atoms with E-state index >= 15 is 0 Å². The number of hydrogen-bond acceptors (Lipinski definition) is 5. The zero-order chi connectivity index (χ0) is 14.9. The first-order valence-corrected chi connectivity index (χ1v) is 9.25. The molecule has 0 spiro atoms. The van der Waals surface area contributed by atoms with Gasteiger partial charge in [0, 0.05) is 6.54 Å². The minimum atomic E-state index is -3.19. The van der Waals surface area contributed by atoms with Crippen LogP contribution in [0.1, 0.15) is 39.0 Å². The molecule has 0 amide bonds. The average molecular weight is 300 g/mol. The highest BCUT2D eigenvalue weighted by atomic mass is 32.2. The minimum absolute atomic E-state index is 0.0293. The summed E-state index contributed by atoms with van der Waals surface area (Å²) in [6, 6.07) is 2.17. The highest BCUT2D eigenvalue weighted by Crippen LogP contribution is 2.46. The van der Waals surface area contributed by atoms with E-state index in [4.69, 9.17) is 0 Å². The van der Waals surface area contributed by atoms with Crippen molar-refractivity contribution in [2.75, 3.05) is 31.1 Å². The van der Waals surface area contributed by atoms with Gasteiger partial charge >= 0.3 is 0 Å². The Morgan fingerprint density at radius 1 is 1.30 bits per heavy atom. The lowest BCUT2D eigenvalue weighted by Crippen LogP contribution is -2.49. The molecule has 2 heterocycles. The quantitative estimate of drug-likeness (QED) is 0.839. The molecule has 2 saturated heterocycles. The molecule has 2 unspecified atom stereocenters. The van der Waals surface area contributed by atoms with Crippen LogP contribution in [0.15, 0.2) is 0 Å². The number of nitrogens with zero attached hydrogens (tertiary/aromatic N) is 2. The normalized spacial score (nSPS) is 38.2. The van der Waals surface area contributed by atoms with E-state index in [-0.39, 0.29) is 17.9 Å². The second kappa shape index (κ2) is 5.63. The smallest absolute Gasteiger partial charge is 0.152 e. The largest absolute Gasteiger partial charge is 0.388 e. The average Bonchev–Trinajstić information content (AvgIpc) is 2.60. The third kappa shape index (κ3) is 2.85. The van der Waals surface area contributed by atoms with Crippen LogP contribution < -0.4 is 0 Å². The summed E-state index contributed by atoms with van der Waals surface area (Å²) in [6.45, 7) is 4.78. The molecule has 0 radical (unpaired) electrons. The van der Waals surface area contributed by atoms with Crippen LogP contribution in [-0.4, -0.2) is 55.2 Å². The third-order valence-corrected chi connectivity index (χ3v) is 6.62. The number of hydrogen-bond donors (Lipinski definition) is 1. The van der Waals surface area contributed by atoms with Crippen LogP contribution in [-0.2, 0) is 9.84 Å². The molecule has 20 heavy (non-hydrogen) atoms. The summed E-state index contributed by atoms with van der Waals surface area (Å²) < 4.78 is 23.5. The molecule has 2 fully saturated rings. The van der Waals surface area contributed by atoms with Gasteiger partial charge in [-0.25, -0.2) is 8.42 Å². The highest BCUT2D eigenvalue weighted by molar-refractivity contribution is 7.91. The van der Waals surface area contributed by atoms with Crippen molar-refractivity contribution in [3.63, 3.8) is 0 Å². The molecule has 0 saturated carbocycles. The monoisotopic (exact) mass is 300 g/mol. The van der Waals surface area contributed by atoms with E-state index in [2.05, 4.69) is 17.9 Å². The summed E-state index contributed by atoms with van der Waals surface area (Å²) in [5.41, 5.74) is -2.26. The molecule has 6 heteroatoms. The van der Waals surface area contributed by atoms with Crippen LogP contribution >= 0.6 is 0 Å². The molecule has 2 atom stereocenters. The van der Waals surface area contributed by atoms with Gasteiger partial charge < -0.3 is 10.0 Å². The Morgan fingerprint density at radius 2 is 2.05 bits per heavy atom. The van der Waals surface area contributed by atoms with Crippen molar-refractivity contribution < 1.29 is 13.5 Å². The topological polar surface area (TPSA) is 81.4 Å². The number of aliphatic hydroxyl groups is 1. The summed E-state index contributed by atoms with van der Waals surface area (Å²) >= 11 is 0. The fraction of sp³-hybridized carbons (Fsp3) is 0.929. The predicted molar refractivity (Wildman–Crippen MR) is 76.8 cm³/mol. The third-order valence-electron chi connectivity index (χ3n) is 4.86. The van der Waals surface area contributed by atoms with Crippen LogP contribution in [0.2, 0.25) is 0 Å². The van der Waals surface area contributed by atoms with Gasteiger partial charge in [0.2, 0.25) is 0 Å². The summed E-state index contributed by atoms with van der Waals surface area (Å²) in [5.74, 6) is -0.150. The van der Waals surface area contributed by atoms with E-state index in [0.717, 1.165) is 32.5 Å². The molecular weight excluding hydrogens is 276 g/mol. The van der Waals surface area contributed by atoms with Crippen molar-refractivity contribution in [1.82, 2.24) is 4.90 Å². The Morgan fingerprint density at radius 3 is 2.60 bits per heavy atom. The second-order valence-corrected chi connectivity index (χ2v) is 8.45. The molecule has 1 N–H and O–H groups in total. The Hall–Kier alpha value is -0.640. The molecule has 114 valence electrons. The lowest BCUT2D eigenvalue weighted by molar-refractivity contribution is -0.0551. The van der Waals surface area contributed by atoms with Crippen molar-refractivity contribution in [3.8, 4) is 6.07 Å². The minimum Gasteiger partial charge on any atom is -0.388 e. The van der Waals surface area contributed by atoms with Crippen molar-refractivity contribution in [2.24, 2.45) is 5.41 Å². The predicted octanol–water partition coefficient (Wildman–Crippen LogP) is 0.942. The summed E-state index contributed by atoms with van der Waals surface area (Å²) in [5, 5.41) is 20.5. The first kappa shape index (κ1) is 15.7. The lowest BCUT2D eigenvalue weighted by atomic mass is 9.69. The molecular formula is C14H24N2O3S. The highest BCUT2D eigenvalue weighted by Gasteiger charge is 2.56. The zero-order valence-corrected chi connectivity index (χ0v) is 13.0. The fourth-order valence-electron chi connectivity index (χ4n) is 3.60. The van der Waals surface area contributed by atoms with Gasteiger partial charge in [0.25, 0.3) is 0 Å². The maximum atomic E-state index is 11.8. The Labute approximate surface area is 121 Å². The van der Waals surface area contributed by atoms with Crippen LogP contribution in [0.4, 0.5) is 0 Å². The first-order valence-electron chi connectivity index (χ1n) is 7.43. The molecule has 0 bridgehead atoms. The Bertz CT molecular complexity index is 499. The second-order valence-electron chi connectivity index (χ2n) is 6.26. The number of likely N-dealkylation sites (tertiary alicyclic amines) is 1.